The van der Waals surface area contributed by atoms with E-state index in [1.807, 2.05) is 48.5 Å². The molecule has 2 aromatic heterocycles. The van der Waals surface area contributed by atoms with E-state index in [-0.39, 0.29) is 12.1 Å². The van der Waals surface area contributed by atoms with Crippen molar-refractivity contribution in [2.45, 2.75) is 45.2 Å². The lowest BCUT2D eigenvalue weighted by Gasteiger charge is -2.36. The molecule has 28 heavy (non-hydrogen) atoms. The number of nitrogens with zero attached hydrogens (tertiary/aromatic N) is 4. The fourth-order valence-corrected chi connectivity index (χ4v) is 3.80. The lowest BCUT2D eigenvalue weighted by molar-refractivity contribution is 0.155. The number of aromatic nitrogens is 3. The molecule has 1 aliphatic rings. The summed E-state index contributed by atoms with van der Waals surface area (Å²) in [6, 6.07) is 7.85. The number of anilines is 1. The summed E-state index contributed by atoms with van der Waals surface area (Å²) in [6.07, 6.45) is 11.1. The molecule has 7 nitrogen and oxygen atoms in total. The predicted molar refractivity (Wildman–Crippen MR) is 107 cm³/mol. The zero-order valence-electron chi connectivity index (χ0n) is 16.0. The van der Waals surface area contributed by atoms with Crippen molar-refractivity contribution < 1.29 is 9.21 Å². The molecule has 0 radical (unpaired) electrons. The van der Waals surface area contributed by atoms with E-state index in [1.165, 1.54) is 12.8 Å². The third-order valence-electron chi connectivity index (χ3n) is 5.35. The first-order valence-electron chi connectivity index (χ1n) is 9.75. The van der Waals surface area contributed by atoms with Crippen LogP contribution in [0.1, 0.15) is 31.5 Å². The molecule has 4 rings (SSSR count). The molecule has 1 unspecified atom stereocenters. The highest BCUT2D eigenvalue weighted by Crippen LogP contribution is 2.24. The lowest BCUT2D eigenvalue weighted by atomic mass is 9.99. The summed E-state index contributed by atoms with van der Waals surface area (Å²) in [4.78, 5) is 23.2. The highest BCUT2D eigenvalue weighted by molar-refractivity contribution is 5.90. The first-order valence-corrected chi connectivity index (χ1v) is 9.75. The largest absolute Gasteiger partial charge is 0.444 e. The molecule has 3 aromatic rings. The lowest BCUT2D eigenvalue weighted by Crippen LogP contribution is -2.46. The summed E-state index contributed by atoms with van der Waals surface area (Å²) in [5, 5.41) is 3.05. The molecule has 0 bridgehead atoms. The number of likely N-dealkylation sites (tertiary alicyclic amines) is 1. The van der Waals surface area contributed by atoms with E-state index in [4.69, 9.17) is 4.42 Å². The van der Waals surface area contributed by atoms with Crippen molar-refractivity contribution in [1.29, 1.82) is 0 Å². The van der Waals surface area contributed by atoms with Gasteiger partial charge in [0.15, 0.2) is 12.2 Å². The smallest absolute Gasteiger partial charge is 0.322 e. The van der Waals surface area contributed by atoms with Crippen molar-refractivity contribution in [1.82, 2.24) is 19.4 Å². The Morgan fingerprint density at radius 3 is 3.07 bits per heavy atom. The van der Waals surface area contributed by atoms with Crippen molar-refractivity contribution in [3.05, 3.63) is 55.1 Å². The molecular formula is C21H25N5O2. The molecule has 0 aliphatic carbocycles. The quantitative estimate of drug-likeness (QED) is 0.716. The number of amides is 2. The molecule has 3 heterocycles. The number of hydrogen-bond donors (Lipinski definition) is 1. The normalized spacial score (nSPS) is 16.9. The van der Waals surface area contributed by atoms with Crippen LogP contribution in [0.4, 0.5) is 10.5 Å². The molecule has 146 valence electrons. The Kier molecular flexibility index (Phi) is 5.41. The highest BCUT2D eigenvalue weighted by atomic mass is 16.3. The van der Waals surface area contributed by atoms with Gasteiger partial charge in [0.2, 0.25) is 0 Å². The van der Waals surface area contributed by atoms with Gasteiger partial charge in [0.1, 0.15) is 5.82 Å². The average molecular weight is 379 g/mol. The van der Waals surface area contributed by atoms with Gasteiger partial charge in [0.05, 0.1) is 6.20 Å². The Hall–Kier alpha value is -3.09. The third kappa shape index (κ3) is 4.08. The summed E-state index contributed by atoms with van der Waals surface area (Å²) < 4.78 is 7.49. The standard InChI is InChI=1S/C21H25N5O2/c1-16-23-9-12-25(16)11-8-19-7-2-3-10-26(19)21(27)24-18-6-4-5-17(13-18)20-14-22-15-28-20/h4-6,9,12-15,19H,2-3,7-8,10-11H2,1H3,(H,24,27). The first-order chi connectivity index (χ1) is 13.7. The molecule has 7 heteroatoms. The SMILES string of the molecule is Cc1nccn1CCC1CCCCN1C(=O)Nc1cccc(-c2cnco2)c1. The number of piperidine rings is 1. The van der Waals surface area contributed by atoms with E-state index < -0.39 is 0 Å². The Labute approximate surface area is 164 Å². The number of benzene rings is 1. The van der Waals surface area contributed by atoms with Gasteiger partial charge >= 0.3 is 6.03 Å². The number of imidazole rings is 1. The number of urea groups is 1. The van der Waals surface area contributed by atoms with Crippen LogP contribution in [-0.4, -0.2) is 38.1 Å². The maximum absolute atomic E-state index is 13.0. The number of hydrogen-bond acceptors (Lipinski definition) is 4. The Morgan fingerprint density at radius 2 is 2.29 bits per heavy atom. The molecular weight excluding hydrogens is 354 g/mol. The zero-order chi connectivity index (χ0) is 19.3. The second-order valence-electron chi connectivity index (χ2n) is 7.18. The van der Waals surface area contributed by atoms with Crippen LogP contribution in [0.25, 0.3) is 11.3 Å². The third-order valence-corrected chi connectivity index (χ3v) is 5.35. The summed E-state index contributed by atoms with van der Waals surface area (Å²) in [5.74, 6) is 1.69. The van der Waals surface area contributed by atoms with E-state index in [2.05, 4.69) is 19.9 Å². The number of nitrogens with one attached hydrogen (secondary N) is 1. The van der Waals surface area contributed by atoms with Crippen LogP contribution in [0.15, 0.2) is 53.7 Å². The summed E-state index contributed by atoms with van der Waals surface area (Å²) in [5.41, 5.74) is 1.65. The molecule has 0 spiro atoms. The van der Waals surface area contributed by atoms with Gasteiger partial charge in [0, 0.05) is 42.8 Å². The first kappa shape index (κ1) is 18.3. The molecule has 1 saturated heterocycles. The summed E-state index contributed by atoms with van der Waals surface area (Å²) >= 11 is 0. The van der Waals surface area contributed by atoms with Crippen LogP contribution >= 0.6 is 0 Å². The van der Waals surface area contributed by atoms with Crippen molar-refractivity contribution in [3.63, 3.8) is 0 Å². The fraction of sp³-hybridized carbons (Fsp3) is 0.381. The number of rotatable bonds is 5. The van der Waals surface area contributed by atoms with E-state index >= 15 is 0 Å². The van der Waals surface area contributed by atoms with Crippen molar-refractivity contribution in [2.24, 2.45) is 0 Å². The number of aryl methyl sites for hydroxylation is 2. The zero-order valence-corrected chi connectivity index (χ0v) is 16.0. The van der Waals surface area contributed by atoms with Crippen LogP contribution in [0.3, 0.4) is 0 Å². The minimum absolute atomic E-state index is 0.0400. The van der Waals surface area contributed by atoms with E-state index in [0.717, 1.165) is 49.4 Å². The molecule has 1 atom stereocenters. The molecule has 1 aliphatic heterocycles. The van der Waals surface area contributed by atoms with Gasteiger partial charge in [-0.3, -0.25) is 0 Å². The van der Waals surface area contributed by atoms with E-state index in [0.29, 0.717) is 5.76 Å². The van der Waals surface area contributed by atoms with Crippen molar-refractivity contribution in [2.75, 3.05) is 11.9 Å². The topological polar surface area (TPSA) is 76.2 Å². The van der Waals surface area contributed by atoms with Gasteiger partial charge in [-0.2, -0.15) is 0 Å². The highest BCUT2D eigenvalue weighted by Gasteiger charge is 2.26. The fourth-order valence-electron chi connectivity index (χ4n) is 3.80. The Bertz CT molecular complexity index is 919. The van der Waals surface area contributed by atoms with Gasteiger partial charge in [0.25, 0.3) is 0 Å². The van der Waals surface area contributed by atoms with E-state index in [1.54, 1.807) is 6.20 Å². The van der Waals surface area contributed by atoms with Gasteiger partial charge in [-0.05, 0) is 44.7 Å². The Balaban J connectivity index is 1.42. The van der Waals surface area contributed by atoms with Gasteiger partial charge in [-0.1, -0.05) is 12.1 Å². The molecule has 0 saturated carbocycles. The molecule has 1 N–H and O–H groups in total. The van der Waals surface area contributed by atoms with Crippen LogP contribution in [0, 0.1) is 6.92 Å². The van der Waals surface area contributed by atoms with Crippen molar-refractivity contribution >= 4 is 11.7 Å². The summed E-state index contributed by atoms with van der Waals surface area (Å²) in [6.45, 7) is 3.68. The van der Waals surface area contributed by atoms with E-state index in [9.17, 15) is 4.79 Å². The van der Waals surface area contributed by atoms with Gasteiger partial charge in [-0.25, -0.2) is 14.8 Å². The Morgan fingerprint density at radius 1 is 1.36 bits per heavy atom. The van der Waals surface area contributed by atoms with Gasteiger partial charge in [-0.15, -0.1) is 0 Å². The van der Waals surface area contributed by atoms with Gasteiger partial charge < -0.3 is 19.2 Å². The van der Waals surface area contributed by atoms with Crippen LogP contribution in [0.2, 0.25) is 0 Å². The molecule has 2 amide bonds. The monoisotopic (exact) mass is 379 g/mol. The molecule has 1 aromatic carbocycles. The predicted octanol–water partition coefficient (Wildman–Crippen LogP) is 4.32. The van der Waals surface area contributed by atoms with Crippen LogP contribution in [0.5, 0.6) is 0 Å². The minimum Gasteiger partial charge on any atom is -0.444 e. The number of carbonyl (C=O) groups is 1. The maximum atomic E-state index is 13.0. The average Bonchev–Trinajstić information content (AvgIpc) is 3.39. The van der Waals surface area contributed by atoms with Crippen LogP contribution in [-0.2, 0) is 6.54 Å². The second-order valence-corrected chi connectivity index (χ2v) is 7.18. The number of oxazole rings is 1. The molecule has 1 fully saturated rings. The minimum atomic E-state index is -0.0400. The number of carbonyl (C=O) groups excluding carboxylic acids is 1. The van der Waals surface area contributed by atoms with Crippen LogP contribution < -0.4 is 5.32 Å². The summed E-state index contributed by atoms with van der Waals surface area (Å²) in [7, 11) is 0. The second kappa shape index (κ2) is 8.29. The van der Waals surface area contributed by atoms with Crippen molar-refractivity contribution in [3.8, 4) is 11.3 Å². The maximum Gasteiger partial charge on any atom is 0.322 e.